The van der Waals surface area contributed by atoms with Crippen molar-refractivity contribution in [2.75, 3.05) is 27.3 Å². The highest BCUT2D eigenvalue weighted by molar-refractivity contribution is 7.89. The van der Waals surface area contributed by atoms with Gasteiger partial charge in [-0.05, 0) is 40.6 Å². The number of hydrogen-bond donors (Lipinski definition) is 2. The predicted octanol–water partition coefficient (Wildman–Crippen LogP) is 1.60. The zero-order valence-corrected chi connectivity index (χ0v) is 17.0. The first kappa shape index (κ1) is 20.8. The van der Waals surface area contributed by atoms with Gasteiger partial charge in [-0.2, -0.15) is 0 Å². The van der Waals surface area contributed by atoms with Gasteiger partial charge in [0, 0.05) is 18.7 Å². The van der Waals surface area contributed by atoms with E-state index in [1.54, 1.807) is 12.1 Å². The number of rotatable bonds is 8. The quantitative estimate of drug-likeness (QED) is 0.504. The molecule has 1 heterocycles. The van der Waals surface area contributed by atoms with Crippen LogP contribution in [-0.2, 0) is 10.0 Å². The second kappa shape index (κ2) is 8.64. The Morgan fingerprint density at radius 3 is 2.52 bits per heavy atom. The molecular formula is C17H17ClN4O6S. The summed E-state index contributed by atoms with van der Waals surface area (Å²) in [6.45, 7) is 0.0109. The molecule has 154 valence electrons. The number of methoxy groups -OCH3 is 2. The van der Waals surface area contributed by atoms with E-state index >= 15 is 0 Å². The Hall–Kier alpha value is -2.89. The van der Waals surface area contributed by atoms with Crippen molar-refractivity contribution in [3.63, 3.8) is 0 Å². The summed E-state index contributed by atoms with van der Waals surface area (Å²) in [4.78, 5) is 12.1. The molecule has 3 rings (SSSR count). The SMILES string of the molecule is COc1ccc(C(=O)NCCNS(=O)(=O)c2ccc(Cl)c3nonc23)cc1OC. The highest BCUT2D eigenvalue weighted by Gasteiger charge is 2.21. The summed E-state index contributed by atoms with van der Waals surface area (Å²) in [7, 11) is -0.957. The van der Waals surface area contributed by atoms with E-state index in [1.165, 1.54) is 32.4 Å². The van der Waals surface area contributed by atoms with Gasteiger partial charge in [0.1, 0.15) is 4.90 Å². The van der Waals surface area contributed by atoms with E-state index in [9.17, 15) is 13.2 Å². The van der Waals surface area contributed by atoms with Crippen LogP contribution in [0.2, 0.25) is 5.02 Å². The number of aromatic nitrogens is 2. The first-order valence-electron chi connectivity index (χ1n) is 8.28. The predicted molar refractivity (Wildman–Crippen MR) is 104 cm³/mol. The lowest BCUT2D eigenvalue weighted by atomic mass is 10.2. The van der Waals surface area contributed by atoms with Crippen molar-refractivity contribution >= 4 is 38.6 Å². The van der Waals surface area contributed by atoms with Gasteiger partial charge in [0.25, 0.3) is 5.91 Å². The Labute approximate surface area is 171 Å². The van der Waals surface area contributed by atoms with Crippen LogP contribution in [0, 0.1) is 0 Å². The molecule has 10 nitrogen and oxygen atoms in total. The lowest BCUT2D eigenvalue weighted by molar-refractivity contribution is 0.0954. The number of ether oxygens (including phenoxy) is 2. The number of sulfonamides is 1. The normalized spacial score (nSPS) is 11.4. The number of amides is 1. The van der Waals surface area contributed by atoms with Gasteiger partial charge in [-0.25, -0.2) is 17.8 Å². The first-order valence-corrected chi connectivity index (χ1v) is 10.1. The van der Waals surface area contributed by atoms with E-state index in [0.717, 1.165) is 0 Å². The maximum atomic E-state index is 12.5. The number of nitrogens with one attached hydrogen (secondary N) is 2. The molecule has 0 atom stereocenters. The Morgan fingerprint density at radius 1 is 1.07 bits per heavy atom. The summed E-state index contributed by atoms with van der Waals surface area (Å²) >= 11 is 5.94. The number of benzene rings is 2. The number of nitrogens with zero attached hydrogens (tertiary/aromatic N) is 2. The van der Waals surface area contributed by atoms with Crippen LogP contribution in [0.4, 0.5) is 0 Å². The molecular weight excluding hydrogens is 424 g/mol. The highest BCUT2D eigenvalue weighted by atomic mass is 35.5. The van der Waals surface area contributed by atoms with Crippen molar-refractivity contribution in [3.05, 3.63) is 40.9 Å². The molecule has 0 aliphatic heterocycles. The average Bonchev–Trinajstić information content (AvgIpc) is 3.21. The zero-order chi connectivity index (χ0) is 21.0. The van der Waals surface area contributed by atoms with Gasteiger partial charge in [-0.3, -0.25) is 4.79 Å². The van der Waals surface area contributed by atoms with Gasteiger partial charge in [-0.15, -0.1) is 0 Å². The fraction of sp³-hybridized carbons (Fsp3) is 0.235. The smallest absolute Gasteiger partial charge is 0.251 e. The lowest BCUT2D eigenvalue weighted by Crippen LogP contribution is -2.34. The molecule has 2 N–H and O–H groups in total. The van der Waals surface area contributed by atoms with Crippen LogP contribution in [-0.4, -0.2) is 51.9 Å². The minimum atomic E-state index is -3.91. The third-order valence-electron chi connectivity index (χ3n) is 3.97. The molecule has 0 saturated carbocycles. The molecule has 0 radical (unpaired) electrons. The summed E-state index contributed by atoms with van der Waals surface area (Å²) in [6, 6.07) is 7.40. The van der Waals surface area contributed by atoms with Crippen LogP contribution in [0.5, 0.6) is 11.5 Å². The van der Waals surface area contributed by atoms with Gasteiger partial charge in [0.15, 0.2) is 22.5 Å². The second-order valence-corrected chi connectivity index (χ2v) is 7.87. The molecule has 12 heteroatoms. The van der Waals surface area contributed by atoms with Crippen molar-refractivity contribution < 1.29 is 27.3 Å². The molecule has 1 amide bonds. The molecule has 0 aliphatic carbocycles. The third kappa shape index (κ3) is 4.42. The standard InChI is InChI=1S/C17H17ClN4O6S/c1-26-12-5-3-10(9-13(12)27-2)17(23)19-7-8-20-29(24,25)14-6-4-11(18)15-16(14)22-28-21-15/h3-6,9,20H,7-8H2,1-2H3,(H,19,23). The summed E-state index contributed by atoms with van der Waals surface area (Å²) in [5, 5.41) is 10.0. The maximum Gasteiger partial charge on any atom is 0.251 e. The molecule has 3 aromatic rings. The third-order valence-corrected chi connectivity index (χ3v) is 5.76. The molecule has 0 bridgehead atoms. The van der Waals surface area contributed by atoms with E-state index in [4.69, 9.17) is 21.1 Å². The number of fused-ring (bicyclic) bond motifs is 1. The van der Waals surface area contributed by atoms with Crippen LogP contribution in [0.15, 0.2) is 39.9 Å². The Bertz CT molecular complexity index is 1150. The lowest BCUT2D eigenvalue weighted by Gasteiger charge is -2.11. The fourth-order valence-corrected chi connectivity index (χ4v) is 3.90. The van der Waals surface area contributed by atoms with Crippen LogP contribution < -0.4 is 19.5 Å². The van der Waals surface area contributed by atoms with Gasteiger partial charge in [0.05, 0.1) is 19.2 Å². The number of hydrogen-bond acceptors (Lipinski definition) is 8. The van der Waals surface area contributed by atoms with Gasteiger partial charge in [0.2, 0.25) is 10.0 Å². The van der Waals surface area contributed by atoms with Crippen molar-refractivity contribution in [1.82, 2.24) is 20.4 Å². The second-order valence-electron chi connectivity index (χ2n) is 5.73. The summed E-state index contributed by atoms with van der Waals surface area (Å²) in [6.07, 6.45) is 0. The van der Waals surface area contributed by atoms with E-state index in [1.807, 2.05) is 0 Å². The summed E-state index contributed by atoms with van der Waals surface area (Å²) in [5.74, 6) is 0.516. The Kier molecular flexibility index (Phi) is 6.20. The fourth-order valence-electron chi connectivity index (χ4n) is 2.55. The van der Waals surface area contributed by atoms with Crippen molar-refractivity contribution in [3.8, 4) is 11.5 Å². The molecule has 0 aliphatic rings. The van der Waals surface area contributed by atoms with Crippen molar-refractivity contribution in [2.24, 2.45) is 0 Å². The average molecular weight is 441 g/mol. The Morgan fingerprint density at radius 2 is 1.79 bits per heavy atom. The maximum absolute atomic E-state index is 12.5. The van der Waals surface area contributed by atoms with E-state index in [-0.39, 0.29) is 39.9 Å². The Balaban J connectivity index is 1.62. The van der Waals surface area contributed by atoms with Gasteiger partial charge >= 0.3 is 0 Å². The summed E-state index contributed by atoms with van der Waals surface area (Å²) in [5.41, 5.74) is 0.522. The molecule has 29 heavy (non-hydrogen) atoms. The minimum Gasteiger partial charge on any atom is -0.493 e. The van der Waals surface area contributed by atoms with Crippen LogP contribution in [0.1, 0.15) is 10.4 Å². The zero-order valence-electron chi connectivity index (χ0n) is 15.4. The monoisotopic (exact) mass is 440 g/mol. The molecule has 1 aromatic heterocycles. The van der Waals surface area contributed by atoms with Crippen LogP contribution >= 0.6 is 11.6 Å². The van der Waals surface area contributed by atoms with Gasteiger partial charge in [-0.1, -0.05) is 11.6 Å². The molecule has 0 fully saturated rings. The van der Waals surface area contributed by atoms with E-state index < -0.39 is 10.0 Å². The molecule has 2 aromatic carbocycles. The number of halogens is 1. The minimum absolute atomic E-state index is 0.0272. The van der Waals surface area contributed by atoms with Crippen LogP contribution in [0.3, 0.4) is 0 Å². The number of carbonyl (C=O) groups excluding carboxylic acids is 1. The molecule has 0 spiro atoms. The molecule has 0 unspecified atom stereocenters. The van der Waals surface area contributed by atoms with Gasteiger partial charge < -0.3 is 14.8 Å². The first-order chi connectivity index (χ1) is 13.9. The van der Waals surface area contributed by atoms with Crippen molar-refractivity contribution in [2.45, 2.75) is 4.90 Å². The number of carbonyl (C=O) groups is 1. The molecule has 0 saturated heterocycles. The largest absolute Gasteiger partial charge is 0.493 e. The van der Waals surface area contributed by atoms with E-state index in [0.29, 0.717) is 17.1 Å². The summed E-state index contributed by atoms with van der Waals surface area (Å²) < 4.78 is 42.3. The van der Waals surface area contributed by atoms with Crippen molar-refractivity contribution in [1.29, 1.82) is 0 Å². The van der Waals surface area contributed by atoms with Crippen LogP contribution in [0.25, 0.3) is 11.0 Å². The highest BCUT2D eigenvalue weighted by Crippen LogP contribution is 2.28. The topological polar surface area (TPSA) is 133 Å². The van der Waals surface area contributed by atoms with E-state index in [2.05, 4.69) is 25.0 Å².